The number of nitrogens with one attached hydrogen (secondary N) is 1. The molecule has 1 aliphatic carbocycles. The van der Waals surface area contributed by atoms with E-state index in [0.29, 0.717) is 5.52 Å². The molecule has 0 radical (unpaired) electrons. The summed E-state index contributed by atoms with van der Waals surface area (Å²) in [7, 11) is 1.31. The third kappa shape index (κ3) is 5.66. The van der Waals surface area contributed by atoms with Gasteiger partial charge in [0.15, 0.2) is 0 Å². The Morgan fingerprint density at radius 2 is 1.81 bits per heavy atom. The predicted octanol–water partition coefficient (Wildman–Crippen LogP) is 4.21. The van der Waals surface area contributed by atoms with Gasteiger partial charge in [0, 0.05) is 23.9 Å². The van der Waals surface area contributed by atoms with Crippen LogP contribution in [0.4, 0.5) is 4.79 Å². The molecule has 7 heteroatoms. The zero-order valence-electron chi connectivity index (χ0n) is 18.8. The van der Waals surface area contributed by atoms with Crippen molar-refractivity contribution in [3.05, 3.63) is 36.0 Å². The van der Waals surface area contributed by atoms with E-state index < -0.39 is 23.7 Å². The molecule has 0 saturated heterocycles. The molecule has 7 nitrogen and oxygen atoms in total. The number of carbonyl (C=O) groups excluding carboxylic acids is 3. The average Bonchev–Trinajstić information content (AvgIpc) is 3.11. The first-order valence-corrected chi connectivity index (χ1v) is 10.9. The van der Waals surface area contributed by atoms with Gasteiger partial charge in [-0.15, -0.1) is 0 Å². The van der Waals surface area contributed by atoms with E-state index in [9.17, 15) is 14.4 Å². The maximum absolute atomic E-state index is 12.8. The molecule has 2 aromatic rings. The van der Waals surface area contributed by atoms with Crippen molar-refractivity contribution in [1.82, 2.24) is 9.88 Å². The van der Waals surface area contributed by atoms with Crippen LogP contribution in [0.1, 0.15) is 58.4 Å². The normalized spacial score (nSPS) is 16.0. The van der Waals surface area contributed by atoms with Gasteiger partial charge in [0.05, 0.1) is 12.6 Å². The van der Waals surface area contributed by atoms with Gasteiger partial charge in [-0.3, -0.25) is 9.36 Å². The zero-order valence-corrected chi connectivity index (χ0v) is 18.8. The van der Waals surface area contributed by atoms with Crippen LogP contribution in [-0.2, 0) is 25.5 Å². The SMILES string of the molecule is COC(=O)[C@@H](Cc1cn(C(=O)OC(C)(C)C)c2ccccc12)NC(=O)C1CCCCC1. The monoisotopic (exact) mass is 428 g/mol. The topological polar surface area (TPSA) is 86.6 Å². The van der Waals surface area contributed by atoms with Crippen LogP contribution in [0.5, 0.6) is 0 Å². The van der Waals surface area contributed by atoms with Crippen molar-refractivity contribution < 1.29 is 23.9 Å². The zero-order chi connectivity index (χ0) is 22.6. The Morgan fingerprint density at radius 3 is 2.45 bits per heavy atom. The van der Waals surface area contributed by atoms with Gasteiger partial charge < -0.3 is 14.8 Å². The van der Waals surface area contributed by atoms with E-state index in [0.717, 1.165) is 43.1 Å². The molecule has 1 aromatic heterocycles. The summed E-state index contributed by atoms with van der Waals surface area (Å²) in [5.41, 5.74) is 0.820. The number of hydrogen-bond donors (Lipinski definition) is 1. The number of hydrogen-bond acceptors (Lipinski definition) is 5. The lowest BCUT2D eigenvalue weighted by Crippen LogP contribution is -2.45. The summed E-state index contributed by atoms with van der Waals surface area (Å²) in [5.74, 6) is -0.673. The summed E-state index contributed by atoms with van der Waals surface area (Å²) in [5, 5.41) is 3.72. The summed E-state index contributed by atoms with van der Waals surface area (Å²) in [4.78, 5) is 37.9. The van der Waals surface area contributed by atoms with Crippen molar-refractivity contribution >= 4 is 28.9 Å². The van der Waals surface area contributed by atoms with Gasteiger partial charge in [0.1, 0.15) is 11.6 Å². The Balaban J connectivity index is 1.87. The van der Waals surface area contributed by atoms with Crippen LogP contribution in [0.25, 0.3) is 10.9 Å². The van der Waals surface area contributed by atoms with E-state index in [2.05, 4.69) is 5.32 Å². The Hall–Kier alpha value is -2.83. The first kappa shape index (κ1) is 22.8. The number of benzene rings is 1. The van der Waals surface area contributed by atoms with Crippen LogP contribution in [0.2, 0.25) is 0 Å². The summed E-state index contributed by atoms with van der Waals surface area (Å²) in [6.45, 7) is 5.43. The van der Waals surface area contributed by atoms with Gasteiger partial charge in [-0.1, -0.05) is 37.5 Å². The van der Waals surface area contributed by atoms with Crippen LogP contribution in [0.3, 0.4) is 0 Å². The van der Waals surface area contributed by atoms with Crippen LogP contribution >= 0.6 is 0 Å². The van der Waals surface area contributed by atoms with Crippen LogP contribution < -0.4 is 5.32 Å². The number of amides is 1. The number of ether oxygens (including phenoxy) is 2. The second-order valence-electron chi connectivity index (χ2n) is 9.15. The Labute approximate surface area is 183 Å². The second kappa shape index (κ2) is 9.54. The summed E-state index contributed by atoms with van der Waals surface area (Å²) in [6, 6.07) is 6.62. The van der Waals surface area contributed by atoms with E-state index >= 15 is 0 Å². The summed E-state index contributed by atoms with van der Waals surface area (Å²) < 4.78 is 11.9. The molecule has 0 aliphatic heterocycles. The number of rotatable bonds is 5. The first-order chi connectivity index (χ1) is 14.7. The molecule has 31 heavy (non-hydrogen) atoms. The van der Waals surface area contributed by atoms with E-state index in [4.69, 9.17) is 9.47 Å². The van der Waals surface area contributed by atoms with Crippen molar-refractivity contribution in [1.29, 1.82) is 0 Å². The third-order valence-electron chi connectivity index (χ3n) is 5.59. The number of fused-ring (bicyclic) bond motifs is 1. The number of para-hydroxylation sites is 1. The van der Waals surface area contributed by atoms with Gasteiger partial charge in [-0.05, 0) is 45.2 Å². The third-order valence-corrected chi connectivity index (χ3v) is 5.59. The Morgan fingerprint density at radius 1 is 1.13 bits per heavy atom. The smallest absolute Gasteiger partial charge is 0.419 e. The highest BCUT2D eigenvalue weighted by Gasteiger charge is 2.29. The van der Waals surface area contributed by atoms with Crippen LogP contribution in [0, 0.1) is 5.92 Å². The van der Waals surface area contributed by atoms with Crippen LogP contribution in [0.15, 0.2) is 30.5 Å². The molecule has 0 bridgehead atoms. The lowest BCUT2D eigenvalue weighted by atomic mass is 9.88. The van der Waals surface area contributed by atoms with E-state index in [-0.39, 0.29) is 18.2 Å². The molecule has 1 N–H and O–H groups in total. The minimum atomic E-state index is -0.822. The van der Waals surface area contributed by atoms with Gasteiger partial charge >= 0.3 is 12.1 Å². The molecule has 1 amide bonds. The molecule has 168 valence electrons. The van der Waals surface area contributed by atoms with Crippen molar-refractivity contribution in [3.63, 3.8) is 0 Å². The van der Waals surface area contributed by atoms with E-state index in [1.54, 1.807) is 6.20 Å². The quantitative estimate of drug-likeness (QED) is 0.721. The summed E-state index contributed by atoms with van der Waals surface area (Å²) >= 11 is 0. The molecule has 1 atom stereocenters. The predicted molar refractivity (Wildman–Crippen MR) is 118 cm³/mol. The fourth-order valence-electron chi connectivity index (χ4n) is 4.08. The highest BCUT2D eigenvalue weighted by atomic mass is 16.6. The molecule has 1 fully saturated rings. The minimum Gasteiger partial charge on any atom is -0.467 e. The van der Waals surface area contributed by atoms with Crippen LogP contribution in [-0.4, -0.2) is 41.3 Å². The van der Waals surface area contributed by atoms with Gasteiger partial charge in [0.25, 0.3) is 0 Å². The maximum Gasteiger partial charge on any atom is 0.419 e. The molecular weight excluding hydrogens is 396 g/mol. The number of esters is 1. The standard InChI is InChI=1S/C24H32N2O5/c1-24(2,3)31-23(29)26-15-17(18-12-8-9-13-20(18)26)14-19(22(28)30-4)25-21(27)16-10-6-5-7-11-16/h8-9,12-13,15-16,19H,5-7,10-11,14H2,1-4H3,(H,25,27)/t19-/m1/s1. The highest BCUT2D eigenvalue weighted by Crippen LogP contribution is 2.26. The first-order valence-electron chi connectivity index (χ1n) is 10.9. The number of carbonyl (C=O) groups is 3. The molecule has 1 saturated carbocycles. The Bertz CT molecular complexity index is 951. The number of methoxy groups -OCH3 is 1. The van der Waals surface area contributed by atoms with Crippen molar-refractivity contribution in [2.24, 2.45) is 5.92 Å². The fraction of sp³-hybridized carbons (Fsp3) is 0.542. The van der Waals surface area contributed by atoms with Gasteiger partial charge in [-0.25, -0.2) is 9.59 Å². The molecule has 1 aromatic carbocycles. The van der Waals surface area contributed by atoms with E-state index in [1.165, 1.54) is 11.7 Å². The molecule has 1 aliphatic rings. The number of nitrogens with zero attached hydrogens (tertiary/aromatic N) is 1. The minimum absolute atomic E-state index is 0.0657. The fourth-order valence-corrected chi connectivity index (χ4v) is 4.08. The lowest BCUT2D eigenvalue weighted by molar-refractivity contribution is -0.145. The summed E-state index contributed by atoms with van der Waals surface area (Å²) in [6.07, 6.45) is 6.32. The highest BCUT2D eigenvalue weighted by molar-refractivity contribution is 5.93. The average molecular weight is 429 g/mol. The molecular formula is C24H32N2O5. The Kier molecular flexibility index (Phi) is 7.03. The lowest BCUT2D eigenvalue weighted by Gasteiger charge is -2.23. The molecule has 0 spiro atoms. The molecule has 1 heterocycles. The van der Waals surface area contributed by atoms with Gasteiger partial charge in [0.2, 0.25) is 5.91 Å². The largest absolute Gasteiger partial charge is 0.467 e. The second-order valence-corrected chi connectivity index (χ2v) is 9.15. The van der Waals surface area contributed by atoms with E-state index in [1.807, 2.05) is 45.0 Å². The van der Waals surface area contributed by atoms with Crippen molar-refractivity contribution in [2.75, 3.05) is 7.11 Å². The number of aromatic nitrogens is 1. The van der Waals surface area contributed by atoms with Gasteiger partial charge in [-0.2, -0.15) is 0 Å². The molecule has 3 rings (SSSR count). The maximum atomic E-state index is 12.8. The van der Waals surface area contributed by atoms with Crippen molar-refractivity contribution in [2.45, 2.75) is 70.9 Å². The molecule has 0 unspecified atom stereocenters. The van der Waals surface area contributed by atoms with Crippen molar-refractivity contribution in [3.8, 4) is 0 Å².